The Kier molecular flexibility index (Phi) is 2.60. The van der Waals surface area contributed by atoms with Crippen molar-refractivity contribution in [3.05, 3.63) is 28.2 Å². The Morgan fingerprint density at radius 2 is 2.18 bits per heavy atom. The highest BCUT2D eigenvalue weighted by Crippen LogP contribution is 2.21. The van der Waals surface area contributed by atoms with Crippen molar-refractivity contribution in [1.82, 2.24) is 4.98 Å². The molecule has 1 aromatic rings. The van der Waals surface area contributed by atoms with Crippen LogP contribution >= 0.6 is 15.9 Å². The number of aromatic nitrogens is 1. The first-order chi connectivity index (χ1) is 5.13. The lowest BCUT2D eigenvalue weighted by molar-refractivity contribution is 0.578. The number of hydrogen-bond acceptors (Lipinski definition) is 1. The van der Waals surface area contributed by atoms with Gasteiger partial charge in [-0.1, -0.05) is 13.8 Å². The molecule has 60 valence electrons. The summed E-state index contributed by atoms with van der Waals surface area (Å²) in [5.74, 6) is -0.116. The topological polar surface area (TPSA) is 12.9 Å². The largest absolute Gasteiger partial charge is 0.258 e. The van der Waals surface area contributed by atoms with E-state index in [0.29, 0.717) is 10.2 Å². The van der Waals surface area contributed by atoms with E-state index in [-0.39, 0.29) is 11.7 Å². The molecule has 1 rings (SSSR count). The normalized spacial score (nSPS) is 10.6. The van der Waals surface area contributed by atoms with E-state index in [9.17, 15) is 4.39 Å². The van der Waals surface area contributed by atoms with Crippen molar-refractivity contribution < 1.29 is 4.39 Å². The van der Waals surface area contributed by atoms with E-state index >= 15 is 0 Å². The summed E-state index contributed by atoms with van der Waals surface area (Å²) in [4.78, 5) is 3.93. The molecule has 3 heteroatoms. The number of pyridine rings is 1. The number of nitrogens with zero attached hydrogens (tertiary/aromatic N) is 1. The summed E-state index contributed by atoms with van der Waals surface area (Å²) in [5, 5.41) is 0. The molecule has 1 aromatic heterocycles. The first-order valence-corrected chi connectivity index (χ1v) is 4.22. The highest BCUT2D eigenvalue weighted by Gasteiger charge is 2.09. The third kappa shape index (κ3) is 1.77. The quantitative estimate of drug-likeness (QED) is 0.705. The zero-order valence-corrected chi connectivity index (χ0v) is 8.02. The summed E-state index contributed by atoms with van der Waals surface area (Å²) in [7, 11) is 0. The summed E-state index contributed by atoms with van der Waals surface area (Å²) in [5.41, 5.74) is 0.513. The van der Waals surface area contributed by atoms with Crippen LogP contribution in [0, 0.1) is 5.82 Å². The van der Waals surface area contributed by atoms with Crippen LogP contribution in [-0.2, 0) is 0 Å². The molecular weight excluding hydrogens is 209 g/mol. The Balaban J connectivity index is 3.17. The van der Waals surface area contributed by atoms with Crippen molar-refractivity contribution >= 4 is 15.9 Å². The Morgan fingerprint density at radius 1 is 1.55 bits per heavy atom. The van der Waals surface area contributed by atoms with Crippen molar-refractivity contribution in [2.45, 2.75) is 19.8 Å². The van der Waals surface area contributed by atoms with E-state index in [0.717, 1.165) is 0 Å². The van der Waals surface area contributed by atoms with Gasteiger partial charge in [0.15, 0.2) is 5.82 Å². The Hall–Kier alpha value is -0.440. The molecule has 0 saturated carbocycles. The highest BCUT2D eigenvalue weighted by atomic mass is 79.9. The summed E-state index contributed by atoms with van der Waals surface area (Å²) in [6.07, 6.45) is 1.60. The van der Waals surface area contributed by atoms with Crippen molar-refractivity contribution in [2.75, 3.05) is 0 Å². The molecule has 0 aromatic carbocycles. The van der Waals surface area contributed by atoms with Crippen LogP contribution in [0.25, 0.3) is 0 Å². The van der Waals surface area contributed by atoms with E-state index < -0.39 is 0 Å². The van der Waals surface area contributed by atoms with Gasteiger partial charge >= 0.3 is 0 Å². The molecule has 0 fully saturated rings. The predicted molar refractivity (Wildman–Crippen MR) is 46.0 cm³/mol. The Labute approximate surface area is 73.8 Å². The molecule has 0 aliphatic carbocycles. The second-order valence-corrected chi connectivity index (χ2v) is 3.50. The third-order valence-electron chi connectivity index (χ3n) is 1.42. The molecule has 0 aliphatic rings. The molecule has 0 radical (unpaired) electrons. The zero-order chi connectivity index (χ0) is 8.43. The van der Waals surface area contributed by atoms with Gasteiger partial charge in [-0.3, -0.25) is 4.98 Å². The van der Waals surface area contributed by atoms with Gasteiger partial charge in [-0.15, -0.1) is 0 Å². The molecule has 0 aliphatic heterocycles. The summed E-state index contributed by atoms with van der Waals surface area (Å²) in [6.45, 7) is 3.83. The monoisotopic (exact) mass is 217 g/mol. The van der Waals surface area contributed by atoms with Crippen LogP contribution < -0.4 is 0 Å². The van der Waals surface area contributed by atoms with Crippen LogP contribution in [0.1, 0.15) is 25.5 Å². The first-order valence-electron chi connectivity index (χ1n) is 3.43. The summed E-state index contributed by atoms with van der Waals surface area (Å²) in [6, 6.07) is 1.60. The van der Waals surface area contributed by atoms with Gasteiger partial charge in [0.2, 0.25) is 0 Å². The molecular formula is C8H9BrFN. The fraction of sp³-hybridized carbons (Fsp3) is 0.375. The van der Waals surface area contributed by atoms with Gasteiger partial charge in [0, 0.05) is 6.20 Å². The van der Waals surface area contributed by atoms with Crippen LogP contribution in [0.4, 0.5) is 4.39 Å². The molecule has 11 heavy (non-hydrogen) atoms. The average Bonchev–Trinajstić information content (AvgIpc) is 1.94. The highest BCUT2D eigenvalue weighted by molar-refractivity contribution is 9.10. The smallest absolute Gasteiger partial charge is 0.159 e. The summed E-state index contributed by atoms with van der Waals surface area (Å²) >= 11 is 3.10. The van der Waals surface area contributed by atoms with E-state index in [1.807, 2.05) is 13.8 Å². The van der Waals surface area contributed by atoms with Crippen LogP contribution in [0.3, 0.4) is 0 Å². The lowest BCUT2D eigenvalue weighted by atomic mass is 10.1. The van der Waals surface area contributed by atoms with Crippen molar-refractivity contribution in [1.29, 1.82) is 0 Å². The molecule has 0 N–H and O–H groups in total. The maximum absolute atomic E-state index is 13.1. The molecule has 1 nitrogen and oxygen atoms in total. The number of rotatable bonds is 1. The van der Waals surface area contributed by atoms with Gasteiger partial charge in [0.25, 0.3) is 0 Å². The molecule has 0 spiro atoms. The van der Waals surface area contributed by atoms with E-state index in [2.05, 4.69) is 20.9 Å². The summed E-state index contributed by atoms with van der Waals surface area (Å²) < 4.78 is 13.6. The fourth-order valence-electron chi connectivity index (χ4n) is 0.838. The second-order valence-electron chi connectivity index (χ2n) is 2.65. The maximum Gasteiger partial charge on any atom is 0.159 e. The van der Waals surface area contributed by atoms with Gasteiger partial charge in [-0.05, 0) is 27.9 Å². The van der Waals surface area contributed by atoms with Gasteiger partial charge in [-0.2, -0.15) is 0 Å². The van der Waals surface area contributed by atoms with Gasteiger partial charge in [0.1, 0.15) is 0 Å². The Bertz CT molecular complexity index is 260. The molecule has 0 saturated heterocycles. The minimum atomic E-state index is -0.248. The van der Waals surface area contributed by atoms with Crippen LogP contribution in [0.5, 0.6) is 0 Å². The zero-order valence-electron chi connectivity index (χ0n) is 6.44. The van der Waals surface area contributed by atoms with Gasteiger partial charge < -0.3 is 0 Å². The van der Waals surface area contributed by atoms with E-state index in [1.54, 1.807) is 12.3 Å². The molecule has 0 amide bonds. The predicted octanol–water partition coefficient (Wildman–Crippen LogP) is 3.11. The molecule has 1 heterocycles. The minimum Gasteiger partial charge on any atom is -0.258 e. The van der Waals surface area contributed by atoms with E-state index in [4.69, 9.17) is 0 Å². The van der Waals surface area contributed by atoms with Crippen molar-refractivity contribution in [3.63, 3.8) is 0 Å². The average molecular weight is 218 g/mol. The second kappa shape index (κ2) is 3.30. The lowest BCUT2D eigenvalue weighted by Gasteiger charge is -2.05. The standard InChI is InChI=1S/C8H9BrFN/c1-5(2)8-7(10)6(9)3-4-11-8/h3-5H,1-2H3. The maximum atomic E-state index is 13.1. The van der Waals surface area contributed by atoms with Crippen LogP contribution in [0.15, 0.2) is 16.7 Å². The van der Waals surface area contributed by atoms with Crippen LogP contribution in [-0.4, -0.2) is 4.98 Å². The van der Waals surface area contributed by atoms with Crippen LogP contribution in [0.2, 0.25) is 0 Å². The van der Waals surface area contributed by atoms with Gasteiger partial charge in [0.05, 0.1) is 10.2 Å². The van der Waals surface area contributed by atoms with Crippen molar-refractivity contribution in [2.24, 2.45) is 0 Å². The lowest BCUT2D eigenvalue weighted by Crippen LogP contribution is -1.97. The number of halogens is 2. The SMILES string of the molecule is CC(C)c1nccc(Br)c1F. The number of hydrogen-bond donors (Lipinski definition) is 0. The third-order valence-corrected chi connectivity index (χ3v) is 2.03. The molecule has 0 atom stereocenters. The fourth-order valence-corrected chi connectivity index (χ4v) is 1.16. The van der Waals surface area contributed by atoms with Gasteiger partial charge in [-0.25, -0.2) is 4.39 Å². The van der Waals surface area contributed by atoms with Crippen molar-refractivity contribution in [3.8, 4) is 0 Å². The molecule has 0 bridgehead atoms. The Morgan fingerprint density at radius 3 is 2.64 bits per heavy atom. The molecule has 0 unspecified atom stereocenters. The van der Waals surface area contributed by atoms with E-state index in [1.165, 1.54) is 0 Å². The minimum absolute atomic E-state index is 0.132. The first kappa shape index (κ1) is 8.65.